The average Bonchev–Trinajstić information content (AvgIpc) is 3.57. The van der Waals surface area contributed by atoms with Crippen LogP contribution >= 0.6 is 0 Å². The molecule has 0 spiro atoms. The molecule has 0 aliphatic rings. The van der Waals surface area contributed by atoms with E-state index in [-0.39, 0.29) is 40.0 Å². The molecule has 1 nitrogen and oxygen atoms in total. The molecule has 1 aromatic heterocycles. The van der Waals surface area contributed by atoms with Gasteiger partial charge < -0.3 is 4.42 Å². The van der Waals surface area contributed by atoms with Crippen molar-refractivity contribution in [1.82, 2.24) is 0 Å². The molecule has 0 fully saturated rings. The maximum atomic E-state index is 9.22. The van der Waals surface area contributed by atoms with Crippen LogP contribution in [0.3, 0.4) is 0 Å². The van der Waals surface area contributed by atoms with Crippen LogP contribution in [0.1, 0.15) is 16.4 Å². The lowest BCUT2D eigenvalue weighted by Gasteiger charge is -2.19. The fourth-order valence-corrected chi connectivity index (χ4v) is 6.27. The smallest absolute Gasteiger partial charge is 0.136 e. The van der Waals surface area contributed by atoms with Crippen molar-refractivity contribution in [3.05, 3.63) is 157 Å². The van der Waals surface area contributed by atoms with Crippen molar-refractivity contribution < 1.29 is 20.9 Å². The number of hydrogen-bond acceptors (Lipinski definition) is 1. The number of rotatable bonds is 3. The van der Waals surface area contributed by atoms with Crippen molar-refractivity contribution in [1.29, 1.82) is 0 Å². The fraction of sp³-hybridized carbons (Fsp3) is 0. The Labute approximate surface area is 266 Å². The van der Waals surface area contributed by atoms with E-state index in [1.54, 1.807) is 18.2 Å². The summed E-state index contributed by atoms with van der Waals surface area (Å²) in [5, 5.41) is 4.06. The Bertz CT molecular complexity index is 3090. The lowest BCUT2D eigenvalue weighted by atomic mass is 9.84. The van der Waals surface area contributed by atoms with Crippen LogP contribution in [-0.2, 0) is 0 Å². The van der Waals surface area contributed by atoms with Crippen LogP contribution in [-0.4, -0.2) is 0 Å². The van der Waals surface area contributed by atoms with Gasteiger partial charge in [0.05, 0.1) is 16.4 Å². The zero-order valence-electron chi connectivity index (χ0n) is 34.5. The minimum absolute atomic E-state index is 0.00293. The van der Waals surface area contributed by atoms with E-state index >= 15 is 0 Å². The highest BCUT2D eigenvalue weighted by atomic mass is 16.3. The van der Waals surface area contributed by atoms with E-state index in [2.05, 4.69) is 0 Å². The number of benzene rings is 8. The standard InChI is InChI=1S/C42H26O/c1-2-12-27(13-3-1)29-24-25-38-37(26-29)42-36(22-11-23-39(42)43-38)41-34-19-8-6-17-32(34)40(33-18-7-9-20-35(33)41)31-21-10-15-28-14-4-5-16-30(28)31/h1-26H/i1D,2D,3D,4D,5D,10D,12D,13D,14D,15D,16D,21D. The Hall–Kier alpha value is -5.66. The Morgan fingerprint density at radius 1 is 0.419 bits per heavy atom. The SMILES string of the molecule is [2H]c1c([2H])c([2H])c(-c2ccc3oc4cccc(-c5c6ccccc6c(-c6c([2H])c([2H])c([2H])c7c([2H])c([2H])c([2H])c([2H])c67)c6ccccc56)c4c3c2)c([2H])c1[2H]. The highest BCUT2D eigenvalue weighted by Crippen LogP contribution is 2.48. The molecule has 0 unspecified atom stereocenters. The lowest BCUT2D eigenvalue weighted by molar-refractivity contribution is 0.669. The Morgan fingerprint density at radius 2 is 1.07 bits per heavy atom. The lowest BCUT2D eigenvalue weighted by Crippen LogP contribution is -1.92. The van der Waals surface area contributed by atoms with Gasteiger partial charge in [-0.15, -0.1) is 0 Å². The van der Waals surface area contributed by atoms with E-state index in [4.69, 9.17) is 19.5 Å². The molecule has 9 rings (SSSR count). The van der Waals surface area contributed by atoms with Crippen LogP contribution in [0.15, 0.2) is 162 Å². The molecule has 1 heterocycles. The number of furan rings is 1. The maximum absolute atomic E-state index is 9.22. The first-order chi connectivity index (χ1) is 26.3. The van der Waals surface area contributed by atoms with Crippen LogP contribution in [0.2, 0.25) is 0 Å². The summed E-state index contributed by atoms with van der Waals surface area (Å²) in [6, 6.07) is 20.9. The van der Waals surface area contributed by atoms with Crippen LogP contribution in [0, 0.1) is 0 Å². The summed E-state index contributed by atoms with van der Waals surface area (Å²) in [5.74, 6) is 0. The first-order valence-electron chi connectivity index (χ1n) is 19.8. The molecule has 0 radical (unpaired) electrons. The topological polar surface area (TPSA) is 13.1 Å². The minimum atomic E-state index is -0.519. The van der Waals surface area contributed by atoms with Gasteiger partial charge in [0, 0.05) is 10.8 Å². The molecule has 0 amide bonds. The molecule has 0 N–H and O–H groups in total. The first-order valence-corrected chi connectivity index (χ1v) is 13.8. The van der Waals surface area contributed by atoms with Crippen molar-refractivity contribution >= 4 is 54.3 Å². The summed E-state index contributed by atoms with van der Waals surface area (Å²) >= 11 is 0. The highest BCUT2D eigenvalue weighted by molar-refractivity contribution is 6.27. The molecule has 0 atom stereocenters. The quantitative estimate of drug-likeness (QED) is 0.197. The van der Waals surface area contributed by atoms with Crippen LogP contribution < -0.4 is 0 Å². The largest absolute Gasteiger partial charge is 0.456 e. The van der Waals surface area contributed by atoms with Gasteiger partial charge in [0.1, 0.15) is 11.2 Å². The number of hydrogen-bond donors (Lipinski definition) is 0. The molecule has 0 saturated heterocycles. The predicted molar refractivity (Wildman–Crippen MR) is 183 cm³/mol. The molecular weight excluding hydrogens is 520 g/mol. The second-order valence-electron chi connectivity index (χ2n) is 10.3. The fourth-order valence-electron chi connectivity index (χ4n) is 6.27. The highest BCUT2D eigenvalue weighted by Gasteiger charge is 2.21. The van der Waals surface area contributed by atoms with Crippen LogP contribution in [0.25, 0.3) is 87.6 Å². The van der Waals surface area contributed by atoms with Gasteiger partial charge in [-0.05, 0) is 83.9 Å². The summed E-state index contributed by atoms with van der Waals surface area (Å²) < 4.78 is 109. The number of fused-ring (bicyclic) bond motifs is 6. The zero-order valence-corrected chi connectivity index (χ0v) is 22.5. The van der Waals surface area contributed by atoms with E-state index < -0.39 is 54.4 Å². The van der Waals surface area contributed by atoms with Gasteiger partial charge in [0.2, 0.25) is 0 Å². The molecule has 1 heteroatoms. The minimum Gasteiger partial charge on any atom is -0.456 e. The summed E-state index contributed by atoms with van der Waals surface area (Å²) in [7, 11) is 0. The first kappa shape index (κ1) is 15.0. The molecular formula is C42H26O. The van der Waals surface area contributed by atoms with Gasteiger partial charge in [-0.1, -0.05) is 139 Å². The third kappa shape index (κ3) is 3.65. The van der Waals surface area contributed by atoms with Crippen LogP contribution in [0.5, 0.6) is 0 Å². The van der Waals surface area contributed by atoms with Crippen molar-refractivity contribution in [2.45, 2.75) is 0 Å². The van der Waals surface area contributed by atoms with E-state index in [9.17, 15) is 1.37 Å². The van der Waals surface area contributed by atoms with E-state index in [0.717, 1.165) is 27.3 Å². The molecule has 0 aliphatic carbocycles. The van der Waals surface area contributed by atoms with Gasteiger partial charge in [0.15, 0.2) is 0 Å². The van der Waals surface area contributed by atoms with Crippen molar-refractivity contribution in [3.8, 4) is 33.4 Å². The molecule has 0 saturated carbocycles. The Morgan fingerprint density at radius 3 is 1.81 bits per heavy atom. The third-order valence-electron chi connectivity index (χ3n) is 8.05. The molecule has 200 valence electrons. The molecule has 9 aromatic rings. The van der Waals surface area contributed by atoms with Gasteiger partial charge in [-0.25, -0.2) is 0 Å². The van der Waals surface area contributed by atoms with E-state index in [1.165, 1.54) is 0 Å². The molecule has 43 heavy (non-hydrogen) atoms. The van der Waals surface area contributed by atoms with Gasteiger partial charge in [0.25, 0.3) is 0 Å². The summed E-state index contributed by atoms with van der Waals surface area (Å²) in [5.41, 5.74) is 3.80. The predicted octanol–water partition coefficient (Wildman–Crippen LogP) is 12.0. The van der Waals surface area contributed by atoms with Gasteiger partial charge >= 0.3 is 0 Å². The van der Waals surface area contributed by atoms with Gasteiger partial charge in [-0.2, -0.15) is 0 Å². The third-order valence-corrected chi connectivity index (χ3v) is 8.05. The summed E-state index contributed by atoms with van der Waals surface area (Å²) in [4.78, 5) is 0. The van der Waals surface area contributed by atoms with Gasteiger partial charge in [-0.3, -0.25) is 0 Å². The second kappa shape index (κ2) is 9.44. The van der Waals surface area contributed by atoms with E-state index in [0.29, 0.717) is 38.5 Å². The molecule has 8 aromatic carbocycles. The summed E-state index contributed by atoms with van der Waals surface area (Å²) in [6.45, 7) is 0. The summed E-state index contributed by atoms with van der Waals surface area (Å²) in [6.07, 6.45) is 0. The Kier molecular flexibility index (Phi) is 3.29. The zero-order chi connectivity index (χ0) is 38.8. The monoisotopic (exact) mass is 558 g/mol. The molecule has 0 aliphatic heterocycles. The van der Waals surface area contributed by atoms with Crippen molar-refractivity contribution in [2.24, 2.45) is 0 Å². The molecule has 0 bridgehead atoms. The normalized spacial score (nSPS) is 15.6. The van der Waals surface area contributed by atoms with Crippen molar-refractivity contribution in [2.75, 3.05) is 0 Å². The van der Waals surface area contributed by atoms with Crippen LogP contribution in [0.4, 0.5) is 0 Å². The maximum Gasteiger partial charge on any atom is 0.136 e. The van der Waals surface area contributed by atoms with Crippen molar-refractivity contribution in [3.63, 3.8) is 0 Å². The van der Waals surface area contributed by atoms with E-state index in [1.807, 2.05) is 66.7 Å². The second-order valence-corrected chi connectivity index (χ2v) is 10.3. The Balaban J connectivity index is 1.43. The average molecular weight is 559 g/mol.